The van der Waals surface area contributed by atoms with E-state index in [0.717, 1.165) is 12.4 Å². The topological polar surface area (TPSA) is 12.5 Å². The van der Waals surface area contributed by atoms with E-state index in [1.54, 1.807) is 0 Å². The van der Waals surface area contributed by atoms with Gasteiger partial charge in [0.25, 0.3) is 0 Å². The van der Waals surface area contributed by atoms with Gasteiger partial charge < -0.3 is 4.74 Å². The number of fused-ring (bicyclic) bond motifs is 1. The van der Waals surface area contributed by atoms with Gasteiger partial charge in [-0.2, -0.15) is 0 Å². The second-order valence-electron chi connectivity index (χ2n) is 4.11. The van der Waals surface area contributed by atoms with Crippen molar-refractivity contribution >= 4 is 0 Å². The Kier molecular flexibility index (Phi) is 1.95. The Hall–Kier alpha value is -1.02. The van der Waals surface area contributed by atoms with E-state index in [2.05, 4.69) is 23.1 Å². The molecule has 1 aromatic rings. The van der Waals surface area contributed by atoms with Crippen LogP contribution < -0.4 is 4.74 Å². The van der Waals surface area contributed by atoms with Crippen molar-refractivity contribution in [2.75, 3.05) is 19.7 Å². The molecule has 2 heteroatoms. The first kappa shape index (κ1) is 8.30. The van der Waals surface area contributed by atoms with Crippen LogP contribution >= 0.6 is 0 Å². The summed E-state index contributed by atoms with van der Waals surface area (Å²) in [5.41, 5.74) is 1.38. The monoisotopic (exact) mass is 189 g/mol. The van der Waals surface area contributed by atoms with Crippen LogP contribution in [0.1, 0.15) is 24.4 Å². The minimum absolute atomic E-state index is 0.522. The van der Waals surface area contributed by atoms with Crippen molar-refractivity contribution in [1.82, 2.24) is 4.90 Å². The maximum atomic E-state index is 5.68. The highest BCUT2D eigenvalue weighted by molar-refractivity contribution is 5.39. The van der Waals surface area contributed by atoms with E-state index >= 15 is 0 Å². The molecule has 1 fully saturated rings. The zero-order valence-electron chi connectivity index (χ0n) is 8.28. The van der Waals surface area contributed by atoms with Crippen molar-refractivity contribution in [2.24, 2.45) is 0 Å². The Balaban J connectivity index is 1.89. The SMILES string of the molecule is c1ccc2c(c1)OC[C@H]2N1CCCC1. The second kappa shape index (κ2) is 3.28. The molecule has 0 aromatic heterocycles. The number of hydrogen-bond donors (Lipinski definition) is 0. The molecule has 2 aliphatic rings. The average Bonchev–Trinajstić information content (AvgIpc) is 2.85. The molecular formula is C12H15NO. The molecular weight excluding hydrogens is 174 g/mol. The van der Waals surface area contributed by atoms with Crippen molar-refractivity contribution in [1.29, 1.82) is 0 Å². The highest BCUT2D eigenvalue weighted by Crippen LogP contribution is 2.36. The van der Waals surface area contributed by atoms with Gasteiger partial charge in [0.15, 0.2) is 0 Å². The number of ether oxygens (including phenoxy) is 1. The summed E-state index contributed by atoms with van der Waals surface area (Å²) < 4.78 is 5.68. The summed E-state index contributed by atoms with van der Waals surface area (Å²) in [5, 5.41) is 0. The van der Waals surface area contributed by atoms with Crippen LogP contribution in [0.3, 0.4) is 0 Å². The number of rotatable bonds is 1. The predicted octanol–water partition coefficient (Wildman–Crippen LogP) is 2.22. The van der Waals surface area contributed by atoms with Crippen molar-refractivity contribution in [2.45, 2.75) is 18.9 Å². The number of para-hydroxylation sites is 1. The molecule has 0 amide bonds. The Morgan fingerprint density at radius 1 is 1.14 bits per heavy atom. The number of hydrogen-bond acceptors (Lipinski definition) is 2. The fourth-order valence-electron chi connectivity index (χ4n) is 2.50. The van der Waals surface area contributed by atoms with Crippen LogP contribution in [0.25, 0.3) is 0 Å². The highest BCUT2D eigenvalue weighted by atomic mass is 16.5. The molecule has 1 aromatic carbocycles. The molecule has 1 saturated heterocycles. The smallest absolute Gasteiger partial charge is 0.124 e. The van der Waals surface area contributed by atoms with E-state index < -0.39 is 0 Å². The maximum Gasteiger partial charge on any atom is 0.124 e. The van der Waals surface area contributed by atoms with Crippen molar-refractivity contribution in [3.63, 3.8) is 0 Å². The van der Waals surface area contributed by atoms with Crippen molar-refractivity contribution in [3.05, 3.63) is 29.8 Å². The van der Waals surface area contributed by atoms with E-state index in [4.69, 9.17) is 4.74 Å². The molecule has 0 spiro atoms. The highest BCUT2D eigenvalue weighted by Gasteiger charge is 2.30. The molecule has 0 N–H and O–H groups in total. The quantitative estimate of drug-likeness (QED) is 0.671. The lowest BCUT2D eigenvalue weighted by molar-refractivity contribution is 0.195. The van der Waals surface area contributed by atoms with Gasteiger partial charge in [-0.3, -0.25) is 4.90 Å². The molecule has 0 saturated carbocycles. The Bertz CT molecular complexity index is 331. The van der Waals surface area contributed by atoms with E-state index in [1.165, 1.54) is 31.5 Å². The maximum absolute atomic E-state index is 5.68. The lowest BCUT2D eigenvalue weighted by Crippen LogP contribution is -2.26. The van der Waals surface area contributed by atoms with Gasteiger partial charge in [-0.15, -0.1) is 0 Å². The van der Waals surface area contributed by atoms with E-state index in [-0.39, 0.29) is 0 Å². The number of benzene rings is 1. The largest absolute Gasteiger partial charge is 0.491 e. The molecule has 0 aliphatic carbocycles. The van der Waals surface area contributed by atoms with Crippen LogP contribution in [0.15, 0.2) is 24.3 Å². The molecule has 1 atom stereocenters. The third-order valence-electron chi connectivity index (χ3n) is 3.26. The van der Waals surface area contributed by atoms with Crippen LogP contribution in [-0.2, 0) is 0 Å². The Morgan fingerprint density at radius 2 is 1.93 bits per heavy atom. The summed E-state index contributed by atoms with van der Waals surface area (Å²) in [4.78, 5) is 2.55. The van der Waals surface area contributed by atoms with Crippen LogP contribution in [-0.4, -0.2) is 24.6 Å². The van der Waals surface area contributed by atoms with Gasteiger partial charge in [0, 0.05) is 5.56 Å². The first-order valence-corrected chi connectivity index (χ1v) is 5.41. The fourth-order valence-corrected chi connectivity index (χ4v) is 2.50. The normalized spacial score (nSPS) is 26.1. The fraction of sp³-hybridized carbons (Fsp3) is 0.500. The summed E-state index contributed by atoms with van der Waals surface area (Å²) in [6.07, 6.45) is 2.69. The van der Waals surface area contributed by atoms with Crippen LogP contribution in [0.5, 0.6) is 5.75 Å². The summed E-state index contributed by atoms with van der Waals surface area (Å²) in [6, 6.07) is 8.95. The average molecular weight is 189 g/mol. The molecule has 2 nitrogen and oxygen atoms in total. The minimum Gasteiger partial charge on any atom is -0.491 e. The van der Waals surface area contributed by atoms with Gasteiger partial charge in [-0.1, -0.05) is 18.2 Å². The van der Waals surface area contributed by atoms with E-state index in [0.29, 0.717) is 6.04 Å². The van der Waals surface area contributed by atoms with Gasteiger partial charge in [0.1, 0.15) is 12.4 Å². The first-order valence-electron chi connectivity index (χ1n) is 5.41. The van der Waals surface area contributed by atoms with Crippen LogP contribution in [0.4, 0.5) is 0 Å². The molecule has 0 unspecified atom stereocenters. The Labute approximate surface area is 84.5 Å². The molecule has 3 rings (SSSR count). The van der Waals surface area contributed by atoms with Gasteiger partial charge in [0.2, 0.25) is 0 Å². The minimum atomic E-state index is 0.522. The standard InChI is InChI=1S/C12H15NO/c1-2-6-12-10(5-1)11(9-14-12)13-7-3-4-8-13/h1-2,5-6,11H,3-4,7-9H2/t11-/m1/s1. The summed E-state index contributed by atoms with van der Waals surface area (Å²) in [7, 11) is 0. The number of likely N-dealkylation sites (tertiary alicyclic amines) is 1. The molecule has 2 aliphatic heterocycles. The van der Waals surface area contributed by atoms with Gasteiger partial charge >= 0.3 is 0 Å². The molecule has 74 valence electrons. The van der Waals surface area contributed by atoms with Crippen molar-refractivity contribution in [3.8, 4) is 5.75 Å². The molecule has 2 heterocycles. The zero-order valence-corrected chi connectivity index (χ0v) is 8.28. The Morgan fingerprint density at radius 3 is 2.79 bits per heavy atom. The lowest BCUT2D eigenvalue weighted by Gasteiger charge is -2.21. The van der Waals surface area contributed by atoms with E-state index in [9.17, 15) is 0 Å². The molecule has 0 radical (unpaired) electrons. The lowest BCUT2D eigenvalue weighted by atomic mass is 10.1. The summed E-state index contributed by atoms with van der Waals surface area (Å²) in [5.74, 6) is 1.09. The van der Waals surface area contributed by atoms with Gasteiger partial charge in [-0.25, -0.2) is 0 Å². The van der Waals surface area contributed by atoms with E-state index in [1.807, 2.05) is 6.07 Å². The van der Waals surface area contributed by atoms with Crippen LogP contribution in [0.2, 0.25) is 0 Å². The van der Waals surface area contributed by atoms with Crippen LogP contribution in [0, 0.1) is 0 Å². The summed E-state index contributed by atoms with van der Waals surface area (Å²) in [6.45, 7) is 3.32. The second-order valence-corrected chi connectivity index (χ2v) is 4.11. The number of nitrogens with zero attached hydrogens (tertiary/aromatic N) is 1. The molecule has 14 heavy (non-hydrogen) atoms. The zero-order chi connectivity index (χ0) is 9.38. The van der Waals surface area contributed by atoms with Gasteiger partial charge in [0.05, 0.1) is 6.04 Å². The first-order chi connectivity index (χ1) is 6.95. The third-order valence-corrected chi connectivity index (χ3v) is 3.26. The predicted molar refractivity (Wildman–Crippen MR) is 55.5 cm³/mol. The summed E-state index contributed by atoms with van der Waals surface area (Å²) >= 11 is 0. The van der Waals surface area contributed by atoms with Crippen molar-refractivity contribution < 1.29 is 4.74 Å². The third kappa shape index (κ3) is 1.22. The molecule has 0 bridgehead atoms. The van der Waals surface area contributed by atoms with Gasteiger partial charge in [-0.05, 0) is 32.0 Å².